The molecule has 4 heteroatoms. The molecule has 1 aliphatic rings. The van der Waals surface area contributed by atoms with Gasteiger partial charge in [0.2, 0.25) is 0 Å². The zero-order valence-electron chi connectivity index (χ0n) is 6.52. The number of nitrogens with one attached hydrogen (secondary N) is 2. The number of rotatable bonds is 2. The summed E-state index contributed by atoms with van der Waals surface area (Å²) >= 11 is 0. The fourth-order valence-corrected chi connectivity index (χ4v) is 1.05. The molecule has 1 saturated heterocycles. The lowest BCUT2D eigenvalue weighted by Crippen LogP contribution is -2.30. The molecule has 11 heavy (non-hydrogen) atoms. The monoisotopic (exact) mass is 156 g/mol. The van der Waals surface area contributed by atoms with E-state index in [4.69, 9.17) is 10.1 Å². The summed E-state index contributed by atoms with van der Waals surface area (Å²) in [6, 6.07) is 0.159. The number of hydrogen-bond acceptors (Lipinski definition) is 3. The molecule has 0 aromatic carbocycles. The third kappa shape index (κ3) is 2.57. The van der Waals surface area contributed by atoms with Crippen molar-refractivity contribution in [3.8, 4) is 0 Å². The zero-order valence-corrected chi connectivity index (χ0v) is 6.52. The molecule has 1 fully saturated rings. The normalized spacial score (nSPS) is 23.0. The van der Waals surface area contributed by atoms with E-state index in [0.29, 0.717) is 12.4 Å². The first-order valence-electron chi connectivity index (χ1n) is 3.66. The smallest absolute Gasteiger partial charge is 0.302 e. The summed E-state index contributed by atoms with van der Waals surface area (Å²) in [5.74, 6) is 0.285. The van der Waals surface area contributed by atoms with Crippen molar-refractivity contribution >= 4 is 11.8 Å². The highest BCUT2D eigenvalue weighted by Crippen LogP contribution is 2.06. The highest BCUT2D eigenvalue weighted by Gasteiger charge is 2.18. The number of carbonyl (C=O) groups excluding carboxylic acids is 1. The maximum Gasteiger partial charge on any atom is 0.302 e. The summed E-state index contributed by atoms with van der Waals surface area (Å²) in [4.78, 5) is 10.4. The number of ether oxygens (including phenoxy) is 1. The van der Waals surface area contributed by atoms with Crippen molar-refractivity contribution in [3.63, 3.8) is 0 Å². The van der Waals surface area contributed by atoms with Crippen LogP contribution in [-0.2, 0) is 9.53 Å². The van der Waals surface area contributed by atoms with E-state index in [0.717, 1.165) is 12.8 Å². The van der Waals surface area contributed by atoms with Crippen LogP contribution < -0.4 is 5.32 Å². The minimum atomic E-state index is -0.259. The van der Waals surface area contributed by atoms with Gasteiger partial charge in [-0.3, -0.25) is 10.2 Å². The Bertz CT molecular complexity index is 179. The van der Waals surface area contributed by atoms with Crippen molar-refractivity contribution in [1.29, 1.82) is 5.41 Å². The van der Waals surface area contributed by atoms with Gasteiger partial charge in [0, 0.05) is 13.3 Å². The van der Waals surface area contributed by atoms with E-state index < -0.39 is 0 Å². The molecule has 0 radical (unpaired) electrons. The molecular formula is C7H12N2O2. The van der Waals surface area contributed by atoms with Crippen LogP contribution >= 0.6 is 0 Å². The minimum Gasteiger partial charge on any atom is -0.464 e. The molecule has 1 aliphatic heterocycles. The summed E-state index contributed by atoms with van der Waals surface area (Å²) in [7, 11) is 0. The highest BCUT2D eigenvalue weighted by atomic mass is 16.5. The molecule has 0 spiro atoms. The highest BCUT2D eigenvalue weighted by molar-refractivity contribution is 5.81. The second-order valence-electron chi connectivity index (χ2n) is 2.66. The molecule has 1 heterocycles. The molecule has 1 atom stereocenters. The average Bonchev–Trinajstić information content (AvgIpc) is 2.31. The van der Waals surface area contributed by atoms with Crippen LogP contribution in [0.1, 0.15) is 19.8 Å². The summed E-state index contributed by atoms with van der Waals surface area (Å²) < 4.78 is 4.78. The molecule has 0 amide bonds. The van der Waals surface area contributed by atoms with Gasteiger partial charge < -0.3 is 10.1 Å². The predicted molar refractivity (Wildman–Crippen MR) is 40.5 cm³/mol. The van der Waals surface area contributed by atoms with Gasteiger partial charge in [0.1, 0.15) is 6.61 Å². The van der Waals surface area contributed by atoms with Crippen molar-refractivity contribution in [2.45, 2.75) is 25.8 Å². The Morgan fingerprint density at radius 2 is 2.64 bits per heavy atom. The fourth-order valence-electron chi connectivity index (χ4n) is 1.05. The molecule has 0 aliphatic carbocycles. The SMILES string of the molecule is CC(=O)OCC1CCC(=N)N1. The average molecular weight is 156 g/mol. The van der Waals surface area contributed by atoms with Gasteiger partial charge in [0.25, 0.3) is 0 Å². The van der Waals surface area contributed by atoms with Gasteiger partial charge in [-0.15, -0.1) is 0 Å². The van der Waals surface area contributed by atoms with E-state index in [2.05, 4.69) is 5.32 Å². The van der Waals surface area contributed by atoms with Gasteiger partial charge in [0.15, 0.2) is 0 Å². The molecule has 2 N–H and O–H groups in total. The van der Waals surface area contributed by atoms with Gasteiger partial charge in [-0.05, 0) is 6.42 Å². The molecule has 0 aromatic rings. The van der Waals surface area contributed by atoms with E-state index in [1.807, 2.05) is 0 Å². The van der Waals surface area contributed by atoms with Crippen molar-refractivity contribution in [1.82, 2.24) is 5.32 Å². The van der Waals surface area contributed by atoms with E-state index >= 15 is 0 Å². The van der Waals surface area contributed by atoms with Crippen LogP contribution in [0.4, 0.5) is 0 Å². The topological polar surface area (TPSA) is 62.2 Å². The number of esters is 1. The van der Waals surface area contributed by atoms with Crippen molar-refractivity contribution in [2.24, 2.45) is 0 Å². The quantitative estimate of drug-likeness (QED) is 0.564. The maximum atomic E-state index is 10.4. The van der Waals surface area contributed by atoms with Gasteiger partial charge in [-0.25, -0.2) is 0 Å². The first-order valence-corrected chi connectivity index (χ1v) is 3.66. The Hall–Kier alpha value is -1.06. The summed E-state index contributed by atoms with van der Waals surface area (Å²) in [5, 5.41) is 10.1. The Balaban J connectivity index is 2.18. The Kier molecular flexibility index (Phi) is 2.46. The van der Waals surface area contributed by atoms with Gasteiger partial charge in [-0.1, -0.05) is 0 Å². The summed E-state index contributed by atoms with van der Waals surface area (Å²) in [6.07, 6.45) is 1.66. The second-order valence-corrected chi connectivity index (χ2v) is 2.66. The zero-order chi connectivity index (χ0) is 8.27. The van der Waals surface area contributed by atoms with Crippen LogP contribution in [0.25, 0.3) is 0 Å². The lowest BCUT2D eigenvalue weighted by Gasteiger charge is -2.09. The van der Waals surface area contributed by atoms with Crippen LogP contribution in [-0.4, -0.2) is 24.5 Å². The lowest BCUT2D eigenvalue weighted by molar-refractivity contribution is -0.141. The minimum absolute atomic E-state index is 0.159. The van der Waals surface area contributed by atoms with Gasteiger partial charge in [-0.2, -0.15) is 0 Å². The molecule has 4 nitrogen and oxygen atoms in total. The van der Waals surface area contributed by atoms with Crippen molar-refractivity contribution in [2.75, 3.05) is 6.61 Å². The Morgan fingerprint density at radius 1 is 1.91 bits per heavy atom. The van der Waals surface area contributed by atoms with E-state index in [9.17, 15) is 4.79 Å². The van der Waals surface area contributed by atoms with Gasteiger partial charge in [0.05, 0.1) is 11.9 Å². The predicted octanol–water partition coefficient (Wildman–Crippen LogP) is 0.279. The molecule has 1 rings (SSSR count). The molecule has 0 saturated carbocycles. The van der Waals surface area contributed by atoms with Crippen molar-refractivity contribution in [3.05, 3.63) is 0 Å². The molecule has 0 aromatic heterocycles. The first kappa shape index (κ1) is 8.04. The summed E-state index contributed by atoms with van der Waals surface area (Å²) in [6.45, 7) is 1.78. The van der Waals surface area contributed by atoms with Crippen molar-refractivity contribution < 1.29 is 9.53 Å². The Labute approximate surface area is 65.4 Å². The van der Waals surface area contributed by atoms with Gasteiger partial charge >= 0.3 is 5.97 Å². The van der Waals surface area contributed by atoms with Crippen LogP contribution in [0, 0.1) is 5.41 Å². The maximum absolute atomic E-state index is 10.4. The third-order valence-electron chi connectivity index (χ3n) is 1.61. The number of carbonyl (C=O) groups is 1. The first-order chi connectivity index (χ1) is 5.18. The molecular weight excluding hydrogens is 144 g/mol. The van der Waals surface area contributed by atoms with Crippen LogP contribution in [0.2, 0.25) is 0 Å². The van der Waals surface area contributed by atoms with E-state index in [1.54, 1.807) is 0 Å². The Morgan fingerprint density at radius 3 is 3.09 bits per heavy atom. The van der Waals surface area contributed by atoms with Crippen LogP contribution in [0.3, 0.4) is 0 Å². The molecule has 0 bridgehead atoms. The number of hydrogen-bond donors (Lipinski definition) is 2. The fraction of sp³-hybridized carbons (Fsp3) is 0.714. The number of amidine groups is 1. The van der Waals surface area contributed by atoms with Crippen LogP contribution in [0.15, 0.2) is 0 Å². The van der Waals surface area contributed by atoms with Crippen LogP contribution in [0.5, 0.6) is 0 Å². The van der Waals surface area contributed by atoms with E-state index in [-0.39, 0.29) is 12.0 Å². The lowest BCUT2D eigenvalue weighted by atomic mass is 10.2. The third-order valence-corrected chi connectivity index (χ3v) is 1.61. The largest absolute Gasteiger partial charge is 0.464 e. The molecule has 62 valence electrons. The standard InChI is InChI=1S/C7H12N2O2/c1-5(10)11-4-6-2-3-7(8)9-6/h6H,2-4H2,1H3,(H2,8,9). The summed E-state index contributed by atoms with van der Waals surface area (Å²) in [5.41, 5.74) is 0. The molecule has 1 unspecified atom stereocenters. The second kappa shape index (κ2) is 3.37. The van der Waals surface area contributed by atoms with E-state index in [1.165, 1.54) is 6.92 Å².